The minimum absolute atomic E-state index is 0.0160. The molecule has 1 aliphatic rings. The molecule has 182 valence electrons. The van der Waals surface area contributed by atoms with E-state index in [1.165, 1.54) is 12.5 Å². The third-order valence-electron chi connectivity index (χ3n) is 5.45. The van der Waals surface area contributed by atoms with Gasteiger partial charge in [-0.1, -0.05) is 13.8 Å². The molecule has 4 atom stereocenters. The Bertz CT molecular complexity index is 872. The van der Waals surface area contributed by atoms with Crippen molar-refractivity contribution in [1.82, 2.24) is 25.5 Å². The first-order valence-corrected chi connectivity index (χ1v) is 10.6. The van der Waals surface area contributed by atoms with Gasteiger partial charge in [0.15, 0.2) is 0 Å². The third kappa shape index (κ3) is 7.00. The Morgan fingerprint density at radius 2 is 1.85 bits per heavy atom. The lowest BCUT2D eigenvalue weighted by Crippen LogP contribution is -2.58. The topological polar surface area (TPSA) is 208 Å². The highest BCUT2D eigenvalue weighted by atomic mass is 16.4. The van der Waals surface area contributed by atoms with Crippen LogP contribution >= 0.6 is 0 Å². The van der Waals surface area contributed by atoms with Crippen LogP contribution < -0.4 is 16.4 Å². The molecular weight excluding hydrogens is 436 g/mol. The Hall–Kier alpha value is -3.48. The fraction of sp³-hybridized carbons (Fsp3) is 0.600. The molecule has 3 amide bonds. The van der Waals surface area contributed by atoms with Crippen molar-refractivity contribution in [2.45, 2.75) is 63.7 Å². The van der Waals surface area contributed by atoms with E-state index in [4.69, 9.17) is 5.73 Å². The van der Waals surface area contributed by atoms with Gasteiger partial charge in [-0.3, -0.25) is 19.2 Å². The Morgan fingerprint density at radius 3 is 2.39 bits per heavy atom. The average molecular weight is 466 g/mol. The molecule has 1 fully saturated rings. The highest BCUT2D eigenvalue weighted by Gasteiger charge is 2.39. The molecule has 0 aromatic carbocycles. The lowest BCUT2D eigenvalue weighted by Gasteiger charge is -2.28. The van der Waals surface area contributed by atoms with E-state index in [1.54, 1.807) is 13.8 Å². The molecule has 1 aliphatic heterocycles. The Kier molecular flexibility index (Phi) is 8.91. The molecule has 0 spiro atoms. The smallest absolute Gasteiger partial charge is 0.326 e. The zero-order chi connectivity index (χ0) is 24.7. The first-order valence-electron chi connectivity index (χ1n) is 10.6. The molecule has 2 heterocycles. The van der Waals surface area contributed by atoms with E-state index in [2.05, 4.69) is 20.6 Å². The summed E-state index contributed by atoms with van der Waals surface area (Å²) in [5, 5.41) is 23.5. The Morgan fingerprint density at radius 1 is 1.18 bits per heavy atom. The van der Waals surface area contributed by atoms with E-state index in [9.17, 15) is 34.2 Å². The molecule has 13 nitrogen and oxygen atoms in total. The Balaban J connectivity index is 2.22. The van der Waals surface area contributed by atoms with Crippen molar-refractivity contribution < 1.29 is 34.2 Å². The van der Waals surface area contributed by atoms with Crippen LogP contribution in [0.5, 0.6) is 0 Å². The standard InChI is InChI=1S/C20H30N6O7/c1-10(2)16(21)18(30)24-12(6-11-8-22-9-23-11)17(29)25-13(7-15(27)28)19(31)26-5-3-4-14(26)20(32)33/h8-10,12-14,16H,3-7,21H2,1-2H3,(H,22,23)(H,24,30)(H,25,29)(H,27,28)(H,32,33). The molecule has 13 heteroatoms. The summed E-state index contributed by atoms with van der Waals surface area (Å²) in [5.74, 6) is -4.95. The van der Waals surface area contributed by atoms with Gasteiger partial charge in [-0.15, -0.1) is 0 Å². The monoisotopic (exact) mass is 466 g/mol. The van der Waals surface area contributed by atoms with Crippen LogP contribution in [0.2, 0.25) is 0 Å². The second-order valence-electron chi connectivity index (χ2n) is 8.30. The molecule has 1 saturated heterocycles. The average Bonchev–Trinajstić information content (AvgIpc) is 3.43. The molecule has 7 N–H and O–H groups in total. The highest BCUT2D eigenvalue weighted by Crippen LogP contribution is 2.19. The van der Waals surface area contributed by atoms with Crippen LogP contribution in [0.15, 0.2) is 12.5 Å². The molecule has 0 saturated carbocycles. The summed E-state index contributed by atoms with van der Waals surface area (Å²) in [5.41, 5.74) is 6.38. The number of amides is 3. The van der Waals surface area contributed by atoms with Crippen LogP contribution in [0.3, 0.4) is 0 Å². The molecule has 0 aliphatic carbocycles. The molecule has 33 heavy (non-hydrogen) atoms. The SMILES string of the molecule is CC(C)C(N)C(=O)NC(Cc1cnc[nH]1)C(=O)NC(CC(=O)O)C(=O)N1CCCC1C(=O)O. The summed E-state index contributed by atoms with van der Waals surface area (Å²) >= 11 is 0. The number of hydrogen-bond donors (Lipinski definition) is 6. The maximum atomic E-state index is 13.0. The number of nitrogens with one attached hydrogen (secondary N) is 3. The summed E-state index contributed by atoms with van der Waals surface area (Å²) in [4.78, 5) is 69.0. The van der Waals surface area contributed by atoms with Crippen molar-refractivity contribution in [2.75, 3.05) is 6.54 Å². The predicted molar refractivity (Wildman–Crippen MR) is 114 cm³/mol. The summed E-state index contributed by atoms with van der Waals surface area (Å²) < 4.78 is 0. The van der Waals surface area contributed by atoms with Crippen LogP contribution in [0, 0.1) is 5.92 Å². The number of nitrogens with two attached hydrogens (primary N) is 1. The van der Waals surface area contributed by atoms with Gasteiger partial charge in [-0.05, 0) is 18.8 Å². The predicted octanol–water partition coefficient (Wildman–Crippen LogP) is -1.54. The largest absolute Gasteiger partial charge is 0.481 e. The van der Waals surface area contributed by atoms with Crippen molar-refractivity contribution in [1.29, 1.82) is 0 Å². The van der Waals surface area contributed by atoms with Crippen LogP contribution in [-0.2, 0) is 30.4 Å². The first-order chi connectivity index (χ1) is 15.5. The molecule has 0 bridgehead atoms. The quantitative estimate of drug-likeness (QED) is 0.223. The molecule has 1 aromatic heterocycles. The molecule has 4 unspecified atom stereocenters. The number of hydrogen-bond acceptors (Lipinski definition) is 7. The van der Waals surface area contributed by atoms with Crippen molar-refractivity contribution in [3.8, 4) is 0 Å². The van der Waals surface area contributed by atoms with Crippen LogP contribution in [-0.4, -0.2) is 85.5 Å². The minimum atomic E-state index is -1.50. The molecule has 1 aromatic rings. The second kappa shape index (κ2) is 11.4. The van der Waals surface area contributed by atoms with Crippen molar-refractivity contribution in [2.24, 2.45) is 11.7 Å². The maximum Gasteiger partial charge on any atom is 0.326 e. The maximum absolute atomic E-state index is 13.0. The second-order valence-corrected chi connectivity index (χ2v) is 8.30. The number of aromatic amines is 1. The van der Waals surface area contributed by atoms with Gasteiger partial charge >= 0.3 is 11.9 Å². The normalized spacial score (nSPS) is 18.4. The van der Waals surface area contributed by atoms with E-state index < -0.39 is 60.2 Å². The van der Waals surface area contributed by atoms with Crippen molar-refractivity contribution in [3.63, 3.8) is 0 Å². The summed E-state index contributed by atoms with van der Waals surface area (Å²) in [7, 11) is 0. The van der Waals surface area contributed by atoms with E-state index in [0.29, 0.717) is 12.1 Å². The third-order valence-corrected chi connectivity index (χ3v) is 5.45. The van der Waals surface area contributed by atoms with Crippen molar-refractivity contribution in [3.05, 3.63) is 18.2 Å². The number of carboxylic acid groups (broad SMARTS) is 2. The van der Waals surface area contributed by atoms with Gasteiger partial charge in [-0.2, -0.15) is 0 Å². The lowest BCUT2D eigenvalue weighted by atomic mass is 10.0. The number of likely N-dealkylation sites (tertiary alicyclic amines) is 1. The van der Waals surface area contributed by atoms with E-state index in [0.717, 1.165) is 4.90 Å². The number of carbonyl (C=O) groups excluding carboxylic acids is 3. The zero-order valence-corrected chi connectivity index (χ0v) is 18.5. The van der Waals surface area contributed by atoms with Gasteiger partial charge in [0.1, 0.15) is 18.1 Å². The van der Waals surface area contributed by atoms with E-state index in [-0.39, 0.29) is 25.3 Å². The fourth-order valence-corrected chi connectivity index (χ4v) is 3.53. The van der Waals surface area contributed by atoms with Gasteiger partial charge < -0.3 is 36.5 Å². The number of aliphatic carboxylic acids is 2. The highest BCUT2D eigenvalue weighted by molar-refractivity contribution is 5.96. The van der Waals surface area contributed by atoms with E-state index in [1.807, 2.05) is 0 Å². The number of carboxylic acids is 2. The molecular formula is C20H30N6O7. The minimum Gasteiger partial charge on any atom is -0.481 e. The van der Waals surface area contributed by atoms with Gasteiger partial charge in [0.2, 0.25) is 17.7 Å². The van der Waals surface area contributed by atoms with Gasteiger partial charge in [-0.25, -0.2) is 9.78 Å². The molecule has 2 rings (SSSR count). The lowest BCUT2D eigenvalue weighted by molar-refractivity contribution is -0.150. The van der Waals surface area contributed by atoms with E-state index >= 15 is 0 Å². The van der Waals surface area contributed by atoms with Crippen molar-refractivity contribution >= 4 is 29.7 Å². The van der Waals surface area contributed by atoms with Gasteiger partial charge in [0.05, 0.1) is 18.8 Å². The number of rotatable bonds is 11. The molecule has 0 radical (unpaired) electrons. The summed E-state index contributed by atoms with van der Waals surface area (Å²) in [6.45, 7) is 3.62. The number of H-pyrrole nitrogens is 1. The van der Waals surface area contributed by atoms with Gasteiger partial charge in [0.25, 0.3) is 0 Å². The Labute approximate surface area is 190 Å². The number of nitrogens with zero attached hydrogens (tertiary/aromatic N) is 2. The zero-order valence-electron chi connectivity index (χ0n) is 18.5. The van der Waals surface area contributed by atoms with Crippen LogP contribution in [0.4, 0.5) is 0 Å². The van der Waals surface area contributed by atoms with Crippen LogP contribution in [0.1, 0.15) is 38.8 Å². The first kappa shape index (κ1) is 25.8. The van der Waals surface area contributed by atoms with Gasteiger partial charge in [0, 0.05) is 24.9 Å². The summed E-state index contributed by atoms with van der Waals surface area (Å²) in [6, 6.07) is -4.66. The number of imidazole rings is 1. The fourth-order valence-electron chi connectivity index (χ4n) is 3.53. The number of carbonyl (C=O) groups is 5. The number of aromatic nitrogens is 2. The summed E-state index contributed by atoms with van der Waals surface area (Å²) in [6.07, 6.45) is 2.77. The van der Waals surface area contributed by atoms with Crippen LogP contribution in [0.25, 0.3) is 0 Å².